The minimum Gasteiger partial charge on any atom is -0.542 e. The van der Waals surface area contributed by atoms with Crippen molar-refractivity contribution < 1.29 is 27.9 Å². The van der Waals surface area contributed by atoms with E-state index in [9.17, 15) is 4.79 Å². The molecule has 0 unspecified atom stereocenters. The number of hydrogen-bond donors (Lipinski definition) is 0. The van der Waals surface area contributed by atoms with E-state index in [4.69, 9.17) is 23.1 Å². The van der Waals surface area contributed by atoms with Gasteiger partial charge in [0.25, 0.3) is 0 Å². The van der Waals surface area contributed by atoms with Crippen molar-refractivity contribution in [2.75, 3.05) is 20.8 Å². The Morgan fingerprint density at radius 1 is 0.765 bits per heavy atom. The summed E-state index contributed by atoms with van der Waals surface area (Å²) in [6, 6.07) is 12.0. The summed E-state index contributed by atoms with van der Waals surface area (Å²) in [7, 11) is -0.209. The molecule has 8 heteroatoms. The summed E-state index contributed by atoms with van der Waals surface area (Å²) in [6.07, 6.45) is 1.33. The van der Waals surface area contributed by atoms with Crippen LogP contribution in [0.5, 0.6) is 23.0 Å². The summed E-state index contributed by atoms with van der Waals surface area (Å²) >= 11 is 0. The molecule has 0 aromatic heterocycles. The first-order valence-corrected chi connectivity index (χ1v) is 18.6. The molecule has 0 radical (unpaired) electrons. The maximum Gasteiger partial charge on any atom is 0.309 e. The van der Waals surface area contributed by atoms with Gasteiger partial charge in [0.15, 0.2) is 11.5 Å². The first-order chi connectivity index (χ1) is 15.9. The molecule has 1 heterocycles. The van der Waals surface area contributed by atoms with Gasteiger partial charge in [0.2, 0.25) is 16.6 Å². The number of rotatable bonds is 10. The Bertz CT molecular complexity index is 1010. The molecule has 2 aromatic rings. The lowest BCUT2D eigenvalue weighted by Gasteiger charge is -2.22. The molecule has 0 amide bonds. The van der Waals surface area contributed by atoms with Crippen LogP contribution >= 0.6 is 0 Å². The van der Waals surface area contributed by atoms with Crippen LogP contribution in [0.2, 0.25) is 39.3 Å². The van der Waals surface area contributed by atoms with E-state index in [0.717, 1.165) is 34.8 Å². The Kier molecular flexibility index (Phi) is 8.03. The van der Waals surface area contributed by atoms with Crippen LogP contribution in [0.25, 0.3) is 0 Å². The Balaban J connectivity index is 1.76. The van der Waals surface area contributed by atoms with Crippen LogP contribution < -0.4 is 18.3 Å². The Morgan fingerprint density at radius 3 is 1.68 bits per heavy atom. The van der Waals surface area contributed by atoms with Gasteiger partial charge in [-0.15, -0.1) is 0 Å². The first kappa shape index (κ1) is 26.2. The molecule has 1 aliphatic rings. The number of cyclic esters (lactones) is 1. The van der Waals surface area contributed by atoms with Crippen molar-refractivity contribution in [1.29, 1.82) is 0 Å². The molecule has 2 atom stereocenters. The van der Waals surface area contributed by atoms with Crippen LogP contribution in [0, 0.1) is 11.8 Å². The van der Waals surface area contributed by atoms with Gasteiger partial charge in [-0.3, -0.25) is 4.79 Å². The SMILES string of the molecule is COc1cc(C[C@H]2COC(=O)[C@@H]2Cc2ccc(O[Si](C)(C)C)c(OC)c2)ccc1O[Si](C)(C)C. The molecule has 186 valence electrons. The Labute approximate surface area is 205 Å². The topological polar surface area (TPSA) is 63.2 Å². The fraction of sp³-hybridized carbons (Fsp3) is 0.500. The molecule has 2 aromatic carbocycles. The Hall–Kier alpha value is -2.46. The zero-order chi connectivity index (χ0) is 25.1. The molecule has 1 fully saturated rings. The smallest absolute Gasteiger partial charge is 0.309 e. The zero-order valence-electron chi connectivity index (χ0n) is 21.7. The number of benzene rings is 2. The van der Waals surface area contributed by atoms with Crippen molar-refractivity contribution >= 4 is 22.6 Å². The summed E-state index contributed by atoms with van der Waals surface area (Å²) in [5, 5.41) is 0. The summed E-state index contributed by atoms with van der Waals surface area (Å²) in [6.45, 7) is 13.3. The van der Waals surface area contributed by atoms with Crippen LogP contribution in [0.4, 0.5) is 0 Å². The Morgan fingerprint density at radius 2 is 1.24 bits per heavy atom. The molecule has 0 saturated carbocycles. The van der Waals surface area contributed by atoms with E-state index in [-0.39, 0.29) is 17.8 Å². The van der Waals surface area contributed by atoms with Crippen molar-refractivity contribution in [2.24, 2.45) is 11.8 Å². The molecule has 0 bridgehead atoms. The van der Waals surface area contributed by atoms with Gasteiger partial charge in [-0.1, -0.05) is 12.1 Å². The second-order valence-corrected chi connectivity index (χ2v) is 19.7. The van der Waals surface area contributed by atoms with E-state index in [1.807, 2.05) is 30.3 Å². The number of hydrogen-bond acceptors (Lipinski definition) is 6. The number of carbonyl (C=O) groups excluding carboxylic acids is 1. The van der Waals surface area contributed by atoms with Crippen LogP contribution in [0.1, 0.15) is 11.1 Å². The highest BCUT2D eigenvalue weighted by molar-refractivity contribution is 6.70. The largest absolute Gasteiger partial charge is 0.542 e. The monoisotopic (exact) mass is 502 g/mol. The average Bonchev–Trinajstić information content (AvgIpc) is 3.07. The van der Waals surface area contributed by atoms with Crippen molar-refractivity contribution in [2.45, 2.75) is 52.1 Å². The van der Waals surface area contributed by atoms with Gasteiger partial charge in [-0.25, -0.2) is 0 Å². The summed E-state index contributed by atoms with van der Waals surface area (Å²) in [5.41, 5.74) is 2.13. The van der Waals surface area contributed by atoms with Crippen LogP contribution in [0.3, 0.4) is 0 Å². The maximum absolute atomic E-state index is 12.6. The quantitative estimate of drug-likeness (QED) is 0.306. The second kappa shape index (κ2) is 10.4. The van der Waals surface area contributed by atoms with Gasteiger partial charge in [-0.2, -0.15) is 0 Å². The highest BCUT2D eigenvalue weighted by Gasteiger charge is 2.37. The molecule has 0 spiro atoms. The fourth-order valence-corrected chi connectivity index (χ4v) is 5.78. The third-order valence-corrected chi connectivity index (χ3v) is 7.22. The number of methoxy groups -OCH3 is 2. The summed E-state index contributed by atoms with van der Waals surface area (Å²) < 4.78 is 28.9. The van der Waals surface area contributed by atoms with Gasteiger partial charge < -0.3 is 23.1 Å². The zero-order valence-corrected chi connectivity index (χ0v) is 23.7. The minimum absolute atomic E-state index is 0.0878. The van der Waals surface area contributed by atoms with Crippen LogP contribution in [-0.4, -0.2) is 43.4 Å². The van der Waals surface area contributed by atoms with E-state index in [1.165, 1.54) is 0 Å². The molecule has 0 N–H and O–H groups in total. The lowest BCUT2D eigenvalue weighted by Crippen LogP contribution is -2.29. The molecule has 1 saturated heterocycles. The highest BCUT2D eigenvalue weighted by Crippen LogP contribution is 2.36. The number of esters is 1. The lowest BCUT2D eigenvalue weighted by atomic mass is 9.85. The number of carbonyl (C=O) groups is 1. The molecule has 6 nitrogen and oxygen atoms in total. The van der Waals surface area contributed by atoms with E-state index in [2.05, 4.69) is 45.3 Å². The molecular weight excluding hydrogens is 464 g/mol. The normalized spacial score (nSPS) is 18.4. The molecule has 34 heavy (non-hydrogen) atoms. The van der Waals surface area contributed by atoms with Gasteiger partial charge in [0, 0.05) is 5.92 Å². The van der Waals surface area contributed by atoms with E-state index in [0.29, 0.717) is 18.8 Å². The standard InChI is InChI=1S/C26H38O6Si2/c1-28-24-15-18(9-11-22(24)31-33(3,4)5)13-20-17-30-26(27)21(20)14-19-10-12-23(25(16-19)29-2)32-34(6,7)8/h9-12,15-16,20-21H,13-14,17H2,1-8H3/t20-,21+/m0/s1. The van der Waals surface area contributed by atoms with E-state index < -0.39 is 16.6 Å². The minimum atomic E-state index is -1.76. The maximum atomic E-state index is 12.6. The van der Waals surface area contributed by atoms with Gasteiger partial charge in [0.1, 0.15) is 11.5 Å². The first-order valence-electron chi connectivity index (χ1n) is 11.8. The fourth-order valence-electron chi connectivity index (χ4n) is 4.12. The average molecular weight is 503 g/mol. The van der Waals surface area contributed by atoms with Gasteiger partial charge in [-0.05, 0) is 87.5 Å². The predicted molar refractivity (Wildman–Crippen MR) is 139 cm³/mol. The molecular formula is C26H38O6Si2. The second-order valence-electron chi connectivity index (χ2n) is 10.8. The third-order valence-electron chi connectivity index (χ3n) is 5.55. The molecule has 3 rings (SSSR count). The summed E-state index contributed by atoms with van der Waals surface area (Å²) in [4.78, 5) is 12.6. The van der Waals surface area contributed by atoms with Crippen molar-refractivity contribution in [1.82, 2.24) is 0 Å². The highest BCUT2D eigenvalue weighted by atomic mass is 28.4. The van der Waals surface area contributed by atoms with Crippen molar-refractivity contribution in [3.05, 3.63) is 47.5 Å². The predicted octanol–water partition coefficient (Wildman–Crippen LogP) is 5.71. The number of ether oxygens (including phenoxy) is 3. The van der Waals surface area contributed by atoms with E-state index >= 15 is 0 Å². The van der Waals surface area contributed by atoms with Gasteiger partial charge >= 0.3 is 5.97 Å². The van der Waals surface area contributed by atoms with Gasteiger partial charge in [0.05, 0.1) is 26.7 Å². The summed E-state index contributed by atoms with van der Waals surface area (Å²) in [5.74, 6) is 2.69. The molecule has 1 aliphatic heterocycles. The van der Waals surface area contributed by atoms with E-state index in [1.54, 1.807) is 14.2 Å². The molecule has 0 aliphatic carbocycles. The lowest BCUT2D eigenvalue weighted by molar-refractivity contribution is -0.141. The third kappa shape index (κ3) is 7.02. The van der Waals surface area contributed by atoms with Crippen LogP contribution in [0.15, 0.2) is 36.4 Å². The van der Waals surface area contributed by atoms with Crippen molar-refractivity contribution in [3.63, 3.8) is 0 Å². The van der Waals surface area contributed by atoms with Crippen LogP contribution in [-0.2, 0) is 22.4 Å². The van der Waals surface area contributed by atoms with Crippen molar-refractivity contribution in [3.8, 4) is 23.0 Å².